The molecule has 0 radical (unpaired) electrons. The fourth-order valence-electron chi connectivity index (χ4n) is 3.44. The molecule has 1 saturated heterocycles. The van der Waals surface area contributed by atoms with E-state index < -0.39 is 10.0 Å². The lowest BCUT2D eigenvalue weighted by atomic mass is 10.1. The van der Waals surface area contributed by atoms with Crippen LogP contribution in [0.4, 0.5) is 5.82 Å². The number of sulfonamides is 1. The molecule has 0 spiro atoms. The summed E-state index contributed by atoms with van der Waals surface area (Å²) in [7, 11) is -3.46. The summed E-state index contributed by atoms with van der Waals surface area (Å²) in [6.45, 7) is 4.56. The summed E-state index contributed by atoms with van der Waals surface area (Å²) in [4.78, 5) is 2.39. The third kappa shape index (κ3) is 4.29. The minimum Gasteiger partial charge on any atom is -0.494 e. The highest BCUT2D eigenvalue weighted by molar-refractivity contribution is 7.89. The van der Waals surface area contributed by atoms with E-state index in [9.17, 15) is 8.42 Å². The molecule has 2 heterocycles. The Kier molecular flexibility index (Phi) is 5.96. The molecule has 7 nitrogen and oxygen atoms in total. The van der Waals surface area contributed by atoms with Crippen molar-refractivity contribution in [2.75, 3.05) is 37.7 Å². The van der Waals surface area contributed by atoms with Gasteiger partial charge in [-0.25, -0.2) is 8.42 Å². The molecule has 1 aliphatic rings. The lowest BCUT2D eigenvalue weighted by Crippen LogP contribution is -2.48. The van der Waals surface area contributed by atoms with E-state index in [0.29, 0.717) is 37.7 Å². The predicted molar refractivity (Wildman–Crippen MR) is 116 cm³/mol. The first-order chi connectivity index (χ1) is 14.6. The Labute approximate surface area is 177 Å². The van der Waals surface area contributed by atoms with Gasteiger partial charge < -0.3 is 9.64 Å². The Bertz CT molecular complexity index is 1060. The van der Waals surface area contributed by atoms with Gasteiger partial charge in [-0.2, -0.15) is 4.31 Å². The topological polar surface area (TPSA) is 75.6 Å². The van der Waals surface area contributed by atoms with Crippen LogP contribution >= 0.6 is 0 Å². The minimum absolute atomic E-state index is 0.331. The number of hydrogen-bond donors (Lipinski definition) is 0. The van der Waals surface area contributed by atoms with Crippen molar-refractivity contribution >= 4 is 15.8 Å². The Balaban J connectivity index is 1.40. The molecule has 0 saturated carbocycles. The van der Waals surface area contributed by atoms with Gasteiger partial charge in [-0.1, -0.05) is 18.2 Å². The summed E-state index contributed by atoms with van der Waals surface area (Å²) in [5.74, 6) is 1.58. The van der Waals surface area contributed by atoms with Crippen LogP contribution in [0.25, 0.3) is 11.3 Å². The summed E-state index contributed by atoms with van der Waals surface area (Å²) >= 11 is 0. The molecular formula is C22H24N4O3S. The van der Waals surface area contributed by atoms with E-state index in [1.165, 1.54) is 4.31 Å². The van der Waals surface area contributed by atoms with Crippen molar-refractivity contribution < 1.29 is 13.2 Å². The van der Waals surface area contributed by atoms with Gasteiger partial charge in [-0.15, -0.1) is 10.2 Å². The van der Waals surface area contributed by atoms with E-state index in [-0.39, 0.29) is 0 Å². The van der Waals surface area contributed by atoms with Gasteiger partial charge in [-0.05, 0) is 55.5 Å². The molecule has 0 bridgehead atoms. The van der Waals surface area contributed by atoms with E-state index in [1.54, 1.807) is 24.3 Å². The highest BCUT2D eigenvalue weighted by Crippen LogP contribution is 2.23. The van der Waals surface area contributed by atoms with Crippen molar-refractivity contribution in [2.24, 2.45) is 0 Å². The number of rotatable bonds is 6. The van der Waals surface area contributed by atoms with Crippen molar-refractivity contribution in [1.29, 1.82) is 0 Å². The zero-order valence-corrected chi connectivity index (χ0v) is 17.6. The molecule has 3 aromatic rings. The van der Waals surface area contributed by atoms with Gasteiger partial charge in [-0.3, -0.25) is 0 Å². The van der Waals surface area contributed by atoms with Crippen LogP contribution in [0.15, 0.2) is 71.6 Å². The molecule has 2 aromatic carbocycles. The second-order valence-electron chi connectivity index (χ2n) is 6.94. The number of piperazine rings is 1. The fraction of sp³-hybridized carbons (Fsp3) is 0.273. The monoisotopic (exact) mass is 424 g/mol. The number of hydrogen-bond acceptors (Lipinski definition) is 6. The normalized spacial score (nSPS) is 15.2. The van der Waals surface area contributed by atoms with Gasteiger partial charge in [0.2, 0.25) is 10.0 Å². The van der Waals surface area contributed by atoms with Crippen LogP contribution in [0.5, 0.6) is 5.75 Å². The molecule has 156 valence electrons. The van der Waals surface area contributed by atoms with Crippen molar-refractivity contribution in [2.45, 2.75) is 11.8 Å². The first kappa shape index (κ1) is 20.3. The highest BCUT2D eigenvalue weighted by Gasteiger charge is 2.28. The van der Waals surface area contributed by atoms with E-state index >= 15 is 0 Å². The van der Waals surface area contributed by atoms with Gasteiger partial charge in [0.1, 0.15) is 5.75 Å². The SMILES string of the molecule is CCOc1ccc(-c2ccc(N3CCN(S(=O)(=O)c4ccccc4)CC3)nn2)cc1. The van der Waals surface area contributed by atoms with Crippen LogP contribution < -0.4 is 9.64 Å². The summed E-state index contributed by atoms with van der Waals surface area (Å²) in [6.07, 6.45) is 0. The highest BCUT2D eigenvalue weighted by atomic mass is 32.2. The molecule has 1 aromatic heterocycles. The molecule has 0 N–H and O–H groups in total. The van der Waals surface area contributed by atoms with Gasteiger partial charge >= 0.3 is 0 Å². The number of benzene rings is 2. The molecule has 0 unspecified atom stereocenters. The molecule has 30 heavy (non-hydrogen) atoms. The van der Waals surface area contributed by atoms with Gasteiger partial charge in [0.25, 0.3) is 0 Å². The third-order valence-electron chi connectivity index (χ3n) is 5.06. The molecule has 0 aliphatic carbocycles. The number of nitrogens with zero attached hydrogens (tertiary/aromatic N) is 4. The van der Waals surface area contributed by atoms with E-state index in [1.807, 2.05) is 49.4 Å². The average Bonchev–Trinajstić information content (AvgIpc) is 2.81. The van der Waals surface area contributed by atoms with Crippen LogP contribution in [0.2, 0.25) is 0 Å². The Morgan fingerprint density at radius 1 is 0.867 bits per heavy atom. The fourth-order valence-corrected chi connectivity index (χ4v) is 4.88. The van der Waals surface area contributed by atoms with Crippen LogP contribution in [0.1, 0.15) is 6.92 Å². The zero-order chi connectivity index (χ0) is 21.0. The van der Waals surface area contributed by atoms with Crippen LogP contribution in [0.3, 0.4) is 0 Å². The largest absolute Gasteiger partial charge is 0.494 e. The van der Waals surface area contributed by atoms with Crippen LogP contribution in [0, 0.1) is 0 Å². The maximum absolute atomic E-state index is 12.8. The summed E-state index contributed by atoms with van der Waals surface area (Å²) < 4.78 is 32.5. The van der Waals surface area contributed by atoms with Crippen molar-refractivity contribution in [3.8, 4) is 17.0 Å². The second kappa shape index (κ2) is 8.81. The lowest BCUT2D eigenvalue weighted by molar-refractivity contribution is 0.340. The molecule has 1 aliphatic heterocycles. The lowest BCUT2D eigenvalue weighted by Gasteiger charge is -2.34. The third-order valence-corrected chi connectivity index (χ3v) is 6.97. The second-order valence-corrected chi connectivity index (χ2v) is 8.88. The first-order valence-corrected chi connectivity index (χ1v) is 11.4. The Hall–Kier alpha value is -2.97. The number of ether oxygens (including phenoxy) is 1. The predicted octanol–water partition coefficient (Wildman–Crippen LogP) is 3.05. The zero-order valence-electron chi connectivity index (χ0n) is 16.8. The van der Waals surface area contributed by atoms with Gasteiger partial charge in [0, 0.05) is 31.7 Å². The molecule has 0 amide bonds. The molecule has 0 atom stereocenters. The number of anilines is 1. The quantitative estimate of drug-likeness (QED) is 0.605. The average molecular weight is 425 g/mol. The van der Waals surface area contributed by atoms with E-state index in [0.717, 1.165) is 22.8 Å². The maximum Gasteiger partial charge on any atom is 0.243 e. The summed E-state index contributed by atoms with van der Waals surface area (Å²) in [5.41, 5.74) is 1.75. The minimum atomic E-state index is -3.46. The summed E-state index contributed by atoms with van der Waals surface area (Å²) in [5, 5.41) is 8.71. The number of aromatic nitrogens is 2. The van der Waals surface area contributed by atoms with Crippen LogP contribution in [-0.4, -0.2) is 55.7 Å². The molecular weight excluding hydrogens is 400 g/mol. The van der Waals surface area contributed by atoms with E-state index in [2.05, 4.69) is 15.1 Å². The van der Waals surface area contributed by atoms with E-state index in [4.69, 9.17) is 4.74 Å². The van der Waals surface area contributed by atoms with Gasteiger partial charge in [0.05, 0.1) is 17.2 Å². The molecule has 4 rings (SSSR count). The maximum atomic E-state index is 12.8. The Morgan fingerprint density at radius 3 is 2.17 bits per heavy atom. The van der Waals surface area contributed by atoms with Gasteiger partial charge in [0.15, 0.2) is 5.82 Å². The summed E-state index contributed by atoms with van der Waals surface area (Å²) in [6, 6.07) is 20.2. The Morgan fingerprint density at radius 2 is 1.57 bits per heavy atom. The standard InChI is InChI=1S/C22H24N4O3S/c1-2-29-19-10-8-18(9-11-19)21-12-13-22(24-23-21)25-14-16-26(17-15-25)30(27,28)20-6-4-3-5-7-20/h3-13H,2,14-17H2,1H3. The smallest absolute Gasteiger partial charge is 0.243 e. The van der Waals surface area contributed by atoms with Crippen molar-refractivity contribution in [3.63, 3.8) is 0 Å². The first-order valence-electron chi connectivity index (χ1n) is 9.95. The van der Waals surface area contributed by atoms with Crippen molar-refractivity contribution in [3.05, 3.63) is 66.7 Å². The molecule has 1 fully saturated rings. The van der Waals surface area contributed by atoms with Crippen molar-refractivity contribution in [1.82, 2.24) is 14.5 Å². The van der Waals surface area contributed by atoms with Crippen LogP contribution in [-0.2, 0) is 10.0 Å². The molecule has 8 heteroatoms.